The Balaban J connectivity index is 2.56. The van der Waals surface area contributed by atoms with Gasteiger partial charge in [-0.3, -0.25) is 0 Å². The van der Waals surface area contributed by atoms with Crippen LogP contribution in [0.4, 0.5) is 0 Å². The predicted molar refractivity (Wildman–Crippen MR) is 39.6 cm³/mol. The summed E-state index contributed by atoms with van der Waals surface area (Å²) >= 11 is 0. The lowest BCUT2D eigenvalue weighted by Crippen LogP contribution is -2.54. The van der Waals surface area contributed by atoms with Crippen molar-refractivity contribution in [2.24, 2.45) is 0 Å². The van der Waals surface area contributed by atoms with Crippen LogP contribution in [0, 0.1) is 0 Å². The van der Waals surface area contributed by atoms with Crippen molar-refractivity contribution < 1.29 is 24.8 Å². The molecule has 0 aliphatic carbocycles. The predicted octanol–water partition coefficient (Wildman–Crippen LogP) is -1.89. The van der Waals surface area contributed by atoms with Gasteiger partial charge in [0, 0.05) is 7.11 Å². The maximum atomic E-state index is 9.43. The number of ether oxygens (including phenoxy) is 2. The van der Waals surface area contributed by atoms with E-state index >= 15 is 0 Å². The molecule has 0 bridgehead atoms. The molecule has 1 aliphatic rings. The fraction of sp³-hybridized carbons (Fsp3) is 1.00. The summed E-state index contributed by atoms with van der Waals surface area (Å²) in [6.07, 6.45) is -3.12. The second-order valence-electron chi connectivity index (χ2n) is 2.81. The Bertz CT molecular complexity index is 140. The van der Waals surface area contributed by atoms with Crippen LogP contribution in [0.25, 0.3) is 0 Å². The number of rotatable bonds is 2. The van der Waals surface area contributed by atoms with Gasteiger partial charge < -0.3 is 24.8 Å². The molecule has 0 aromatic rings. The van der Waals surface area contributed by atoms with Gasteiger partial charge in [-0.25, -0.2) is 0 Å². The molecule has 1 rings (SSSR count). The summed E-state index contributed by atoms with van der Waals surface area (Å²) in [5.74, 6) is 0. The second kappa shape index (κ2) is 4.15. The van der Waals surface area contributed by atoms with Gasteiger partial charge in [-0.1, -0.05) is 0 Å². The van der Waals surface area contributed by atoms with Gasteiger partial charge in [0.15, 0.2) is 0 Å². The highest BCUT2D eigenvalue weighted by Crippen LogP contribution is 2.17. The zero-order valence-electron chi connectivity index (χ0n) is 6.88. The molecule has 1 saturated heterocycles. The maximum Gasteiger partial charge on any atom is 0.114 e. The molecule has 5 nitrogen and oxygen atoms in total. The van der Waals surface area contributed by atoms with Gasteiger partial charge in [-0.05, 0) is 0 Å². The van der Waals surface area contributed by atoms with Crippen LogP contribution < -0.4 is 0 Å². The number of aliphatic hydroxyl groups is 3. The summed E-state index contributed by atoms with van der Waals surface area (Å²) in [6.45, 7) is -0.186. The minimum atomic E-state index is -0.969. The summed E-state index contributed by atoms with van der Waals surface area (Å²) in [6, 6.07) is 0. The van der Waals surface area contributed by atoms with Gasteiger partial charge in [0.1, 0.15) is 24.4 Å². The molecule has 5 heteroatoms. The number of methoxy groups -OCH3 is 1. The molecular formula is C7H14O5. The van der Waals surface area contributed by atoms with Crippen molar-refractivity contribution in [2.75, 3.05) is 20.3 Å². The van der Waals surface area contributed by atoms with Crippen LogP contribution in [0.1, 0.15) is 0 Å². The van der Waals surface area contributed by atoms with Crippen molar-refractivity contribution in [1.29, 1.82) is 0 Å². The zero-order chi connectivity index (χ0) is 9.14. The van der Waals surface area contributed by atoms with E-state index in [1.165, 1.54) is 7.11 Å². The molecule has 1 heterocycles. The Morgan fingerprint density at radius 1 is 1.50 bits per heavy atom. The maximum absolute atomic E-state index is 9.43. The second-order valence-corrected chi connectivity index (χ2v) is 2.81. The molecular weight excluding hydrogens is 164 g/mol. The van der Waals surface area contributed by atoms with E-state index in [1.54, 1.807) is 0 Å². The van der Waals surface area contributed by atoms with Crippen molar-refractivity contribution in [3.63, 3.8) is 0 Å². The first-order chi connectivity index (χ1) is 5.70. The van der Waals surface area contributed by atoms with Gasteiger partial charge in [-0.15, -0.1) is 0 Å². The average Bonchev–Trinajstić information content (AvgIpc) is 2.06. The lowest BCUT2D eigenvalue weighted by Gasteiger charge is -2.36. The molecule has 0 spiro atoms. The third-order valence-corrected chi connectivity index (χ3v) is 2.03. The van der Waals surface area contributed by atoms with E-state index in [-0.39, 0.29) is 13.2 Å². The average molecular weight is 178 g/mol. The summed E-state index contributed by atoms with van der Waals surface area (Å²) < 4.78 is 9.81. The Hall–Kier alpha value is -0.200. The van der Waals surface area contributed by atoms with Gasteiger partial charge in [0.05, 0.1) is 13.2 Å². The van der Waals surface area contributed by atoms with E-state index in [0.717, 1.165) is 0 Å². The fourth-order valence-electron chi connectivity index (χ4n) is 1.31. The number of hydrogen-bond acceptors (Lipinski definition) is 5. The van der Waals surface area contributed by atoms with E-state index in [4.69, 9.17) is 14.6 Å². The standard InChI is InChI=1S/C7H14O5/c1-11-7-4(9)3-12-5(2-8)6(7)10/h4-10H,2-3H2,1H3/t4-,5+,6+,7+/m1/s1. The summed E-state index contributed by atoms with van der Waals surface area (Å²) in [5, 5.41) is 27.4. The largest absolute Gasteiger partial charge is 0.394 e. The first-order valence-corrected chi connectivity index (χ1v) is 3.82. The van der Waals surface area contributed by atoms with Crippen LogP contribution in [0.15, 0.2) is 0 Å². The summed E-state index contributed by atoms with van der Waals surface area (Å²) in [7, 11) is 1.40. The van der Waals surface area contributed by atoms with Gasteiger partial charge in [-0.2, -0.15) is 0 Å². The van der Waals surface area contributed by atoms with E-state index in [9.17, 15) is 10.2 Å². The zero-order valence-corrected chi connectivity index (χ0v) is 6.88. The Morgan fingerprint density at radius 3 is 2.67 bits per heavy atom. The smallest absolute Gasteiger partial charge is 0.114 e. The third kappa shape index (κ3) is 1.75. The number of hydrogen-bond donors (Lipinski definition) is 3. The molecule has 72 valence electrons. The molecule has 0 aromatic heterocycles. The third-order valence-electron chi connectivity index (χ3n) is 2.03. The molecule has 0 aromatic carbocycles. The SMILES string of the molecule is CO[C@@H]1[C@@H](O)[C@H](CO)OC[C@H]1O. The number of aliphatic hydroxyl groups excluding tert-OH is 3. The molecule has 0 amide bonds. The van der Waals surface area contributed by atoms with Crippen molar-refractivity contribution in [1.82, 2.24) is 0 Å². The monoisotopic (exact) mass is 178 g/mol. The Kier molecular flexibility index (Phi) is 3.42. The minimum absolute atomic E-state index is 0.0841. The summed E-state index contributed by atoms with van der Waals surface area (Å²) in [4.78, 5) is 0. The van der Waals surface area contributed by atoms with Crippen LogP contribution in [-0.2, 0) is 9.47 Å². The van der Waals surface area contributed by atoms with Crippen LogP contribution in [0.2, 0.25) is 0 Å². The lowest BCUT2D eigenvalue weighted by atomic mass is 10.0. The first kappa shape index (κ1) is 9.88. The van der Waals surface area contributed by atoms with Crippen molar-refractivity contribution in [3.8, 4) is 0 Å². The van der Waals surface area contributed by atoms with Crippen molar-refractivity contribution in [3.05, 3.63) is 0 Å². The molecule has 3 N–H and O–H groups in total. The van der Waals surface area contributed by atoms with Crippen LogP contribution in [-0.4, -0.2) is 60.1 Å². The molecule has 0 unspecified atom stereocenters. The van der Waals surface area contributed by atoms with Crippen LogP contribution in [0.5, 0.6) is 0 Å². The minimum Gasteiger partial charge on any atom is -0.394 e. The quantitative estimate of drug-likeness (QED) is 0.461. The van der Waals surface area contributed by atoms with E-state index in [2.05, 4.69) is 0 Å². The molecule has 0 radical (unpaired) electrons. The van der Waals surface area contributed by atoms with Crippen LogP contribution >= 0.6 is 0 Å². The normalized spacial score (nSPS) is 43.0. The van der Waals surface area contributed by atoms with E-state index in [0.29, 0.717) is 0 Å². The fourth-order valence-corrected chi connectivity index (χ4v) is 1.31. The van der Waals surface area contributed by atoms with E-state index < -0.39 is 24.4 Å². The van der Waals surface area contributed by atoms with E-state index in [1.807, 2.05) is 0 Å². The highest BCUT2D eigenvalue weighted by atomic mass is 16.6. The summed E-state index contributed by atoms with van der Waals surface area (Å²) in [5.41, 5.74) is 0. The van der Waals surface area contributed by atoms with Gasteiger partial charge >= 0.3 is 0 Å². The highest BCUT2D eigenvalue weighted by Gasteiger charge is 2.38. The Labute approximate surface area is 70.5 Å². The first-order valence-electron chi connectivity index (χ1n) is 3.82. The van der Waals surface area contributed by atoms with Crippen molar-refractivity contribution in [2.45, 2.75) is 24.4 Å². The van der Waals surface area contributed by atoms with Gasteiger partial charge in [0.25, 0.3) is 0 Å². The molecule has 12 heavy (non-hydrogen) atoms. The molecule has 0 saturated carbocycles. The molecule has 4 atom stereocenters. The topological polar surface area (TPSA) is 79.2 Å². The molecule has 1 aliphatic heterocycles. The van der Waals surface area contributed by atoms with Crippen LogP contribution in [0.3, 0.4) is 0 Å². The lowest BCUT2D eigenvalue weighted by molar-refractivity contribution is -0.203. The molecule has 1 fully saturated rings. The Morgan fingerprint density at radius 2 is 2.17 bits per heavy atom. The highest BCUT2D eigenvalue weighted by molar-refractivity contribution is 4.87. The van der Waals surface area contributed by atoms with Crippen molar-refractivity contribution >= 4 is 0 Å². The van der Waals surface area contributed by atoms with Gasteiger partial charge in [0.2, 0.25) is 0 Å².